The zero-order valence-electron chi connectivity index (χ0n) is 18.4. The molecule has 8 nitrogen and oxygen atoms in total. The summed E-state index contributed by atoms with van der Waals surface area (Å²) in [4.78, 5) is 12.4. The number of aryl methyl sites for hydroxylation is 1. The van der Waals surface area contributed by atoms with Crippen LogP contribution in [0.25, 0.3) is 0 Å². The number of hydrogen-bond donors (Lipinski definition) is 1. The Kier molecular flexibility index (Phi) is 8.99. The van der Waals surface area contributed by atoms with Crippen molar-refractivity contribution in [2.24, 2.45) is 0 Å². The smallest absolute Gasteiger partial charge is 0.240 e. The standard InChI is InChI=1S/C22H30N2O6S/c1-5-30-19-10-6-9-18(15-19)24(31(4,26)27)16-22(25)23-13-7-8-17-11-12-20(28-2)21(14-17)29-3/h6,9-12,14-15H,5,7-8,13,16H2,1-4H3,(H,23,25). The molecule has 1 N–H and O–H groups in total. The highest BCUT2D eigenvalue weighted by atomic mass is 32.2. The highest BCUT2D eigenvalue weighted by Gasteiger charge is 2.21. The molecule has 0 atom stereocenters. The fraction of sp³-hybridized carbons (Fsp3) is 0.409. The lowest BCUT2D eigenvalue weighted by atomic mass is 10.1. The van der Waals surface area contributed by atoms with Crippen LogP contribution in [0.4, 0.5) is 5.69 Å². The van der Waals surface area contributed by atoms with Gasteiger partial charge in [-0.1, -0.05) is 12.1 Å². The average Bonchev–Trinajstić information content (AvgIpc) is 2.74. The number of methoxy groups -OCH3 is 2. The highest BCUT2D eigenvalue weighted by Crippen LogP contribution is 2.28. The van der Waals surface area contributed by atoms with Crippen molar-refractivity contribution in [3.8, 4) is 17.2 Å². The molecule has 9 heteroatoms. The summed E-state index contributed by atoms with van der Waals surface area (Å²) in [6, 6.07) is 12.4. The van der Waals surface area contributed by atoms with Crippen molar-refractivity contribution in [2.75, 3.05) is 44.5 Å². The Morgan fingerprint density at radius 3 is 2.45 bits per heavy atom. The third kappa shape index (κ3) is 7.36. The van der Waals surface area contributed by atoms with Crippen LogP contribution in [-0.2, 0) is 21.2 Å². The summed E-state index contributed by atoms with van der Waals surface area (Å²) in [6.45, 7) is 2.42. The number of ether oxygens (including phenoxy) is 3. The number of hydrogen-bond acceptors (Lipinski definition) is 6. The van der Waals surface area contributed by atoms with Crippen LogP contribution in [-0.4, -0.2) is 54.5 Å². The average molecular weight is 451 g/mol. The number of sulfonamides is 1. The summed E-state index contributed by atoms with van der Waals surface area (Å²) in [7, 11) is -0.475. The van der Waals surface area contributed by atoms with E-state index in [0.717, 1.165) is 22.5 Å². The lowest BCUT2D eigenvalue weighted by Gasteiger charge is -2.22. The Morgan fingerprint density at radius 2 is 1.81 bits per heavy atom. The molecule has 0 bridgehead atoms. The lowest BCUT2D eigenvalue weighted by Crippen LogP contribution is -2.40. The van der Waals surface area contributed by atoms with Gasteiger partial charge in [0.1, 0.15) is 12.3 Å². The van der Waals surface area contributed by atoms with Crippen LogP contribution < -0.4 is 23.8 Å². The molecule has 0 saturated carbocycles. The van der Waals surface area contributed by atoms with Gasteiger partial charge in [0, 0.05) is 12.6 Å². The maximum absolute atomic E-state index is 12.4. The van der Waals surface area contributed by atoms with Crippen molar-refractivity contribution >= 4 is 21.6 Å². The number of rotatable bonds is 12. The van der Waals surface area contributed by atoms with E-state index in [0.29, 0.717) is 42.5 Å². The molecule has 0 spiro atoms. The lowest BCUT2D eigenvalue weighted by molar-refractivity contribution is -0.119. The van der Waals surface area contributed by atoms with E-state index in [2.05, 4.69) is 5.32 Å². The van der Waals surface area contributed by atoms with Crippen LogP contribution in [0.2, 0.25) is 0 Å². The van der Waals surface area contributed by atoms with E-state index in [9.17, 15) is 13.2 Å². The molecule has 2 rings (SSSR count). The molecular formula is C22H30N2O6S. The molecule has 0 aliphatic carbocycles. The van der Waals surface area contributed by atoms with E-state index in [1.807, 2.05) is 25.1 Å². The molecule has 0 aliphatic heterocycles. The molecular weight excluding hydrogens is 420 g/mol. The van der Waals surface area contributed by atoms with Crippen molar-refractivity contribution < 1.29 is 27.4 Å². The molecule has 0 fully saturated rings. The van der Waals surface area contributed by atoms with Gasteiger partial charge in [-0.3, -0.25) is 9.10 Å². The summed E-state index contributed by atoms with van der Waals surface area (Å²) in [6.07, 6.45) is 2.50. The summed E-state index contributed by atoms with van der Waals surface area (Å²) < 4.78 is 41.5. The van der Waals surface area contributed by atoms with Crippen LogP contribution >= 0.6 is 0 Å². The zero-order valence-corrected chi connectivity index (χ0v) is 19.2. The number of nitrogens with one attached hydrogen (secondary N) is 1. The second-order valence-corrected chi connectivity index (χ2v) is 8.75. The predicted molar refractivity (Wildman–Crippen MR) is 121 cm³/mol. The monoisotopic (exact) mass is 450 g/mol. The summed E-state index contributed by atoms with van der Waals surface area (Å²) >= 11 is 0. The summed E-state index contributed by atoms with van der Waals surface area (Å²) in [5, 5.41) is 2.78. The van der Waals surface area contributed by atoms with Crippen LogP contribution in [0.15, 0.2) is 42.5 Å². The van der Waals surface area contributed by atoms with E-state index in [1.165, 1.54) is 0 Å². The third-order valence-electron chi connectivity index (χ3n) is 4.52. The fourth-order valence-electron chi connectivity index (χ4n) is 3.04. The van der Waals surface area contributed by atoms with Crippen molar-refractivity contribution in [2.45, 2.75) is 19.8 Å². The van der Waals surface area contributed by atoms with E-state index >= 15 is 0 Å². The first-order valence-corrected chi connectivity index (χ1v) is 11.8. The van der Waals surface area contributed by atoms with Gasteiger partial charge in [0.15, 0.2) is 11.5 Å². The third-order valence-corrected chi connectivity index (χ3v) is 5.66. The van der Waals surface area contributed by atoms with Crippen LogP contribution in [0.5, 0.6) is 17.2 Å². The quantitative estimate of drug-likeness (QED) is 0.500. The second-order valence-electron chi connectivity index (χ2n) is 6.84. The van der Waals surface area contributed by atoms with Gasteiger partial charge in [-0.25, -0.2) is 8.42 Å². The predicted octanol–water partition coefficient (Wildman–Crippen LogP) is 2.62. The molecule has 0 heterocycles. The van der Waals surface area contributed by atoms with Crippen LogP contribution in [0, 0.1) is 0 Å². The van der Waals surface area contributed by atoms with Crippen molar-refractivity contribution in [1.29, 1.82) is 0 Å². The molecule has 0 aliphatic rings. The normalized spacial score (nSPS) is 11.0. The Balaban J connectivity index is 1.93. The van der Waals surface area contributed by atoms with Crippen molar-refractivity contribution in [3.63, 3.8) is 0 Å². The first-order valence-electron chi connectivity index (χ1n) is 9.96. The van der Waals surface area contributed by atoms with E-state index in [1.54, 1.807) is 38.5 Å². The van der Waals surface area contributed by atoms with Gasteiger partial charge < -0.3 is 19.5 Å². The van der Waals surface area contributed by atoms with E-state index in [4.69, 9.17) is 14.2 Å². The largest absolute Gasteiger partial charge is 0.494 e. The maximum atomic E-state index is 12.4. The minimum absolute atomic E-state index is 0.301. The van der Waals surface area contributed by atoms with Gasteiger partial charge in [-0.15, -0.1) is 0 Å². The van der Waals surface area contributed by atoms with Gasteiger partial charge in [-0.2, -0.15) is 0 Å². The Labute approximate surface area is 184 Å². The van der Waals surface area contributed by atoms with Gasteiger partial charge in [0.05, 0.1) is 32.8 Å². The molecule has 1 amide bonds. The van der Waals surface area contributed by atoms with E-state index in [-0.39, 0.29) is 12.5 Å². The maximum Gasteiger partial charge on any atom is 0.240 e. The number of anilines is 1. The van der Waals surface area contributed by atoms with Crippen molar-refractivity contribution in [3.05, 3.63) is 48.0 Å². The van der Waals surface area contributed by atoms with Gasteiger partial charge in [0.25, 0.3) is 0 Å². The fourth-order valence-corrected chi connectivity index (χ4v) is 3.89. The van der Waals surface area contributed by atoms with Crippen LogP contribution in [0.3, 0.4) is 0 Å². The molecule has 0 unspecified atom stereocenters. The SMILES string of the molecule is CCOc1cccc(N(CC(=O)NCCCc2ccc(OC)c(OC)c2)S(C)(=O)=O)c1. The minimum atomic E-state index is -3.64. The van der Waals surface area contributed by atoms with E-state index < -0.39 is 10.0 Å². The highest BCUT2D eigenvalue weighted by molar-refractivity contribution is 7.92. The Hall–Kier alpha value is -2.94. The summed E-state index contributed by atoms with van der Waals surface area (Å²) in [5.41, 5.74) is 1.44. The first-order chi connectivity index (χ1) is 14.8. The van der Waals surface area contributed by atoms with Gasteiger partial charge in [-0.05, 0) is 49.6 Å². The number of carbonyl (C=O) groups excluding carboxylic acids is 1. The van der Waals surface area contributed by atoms with Gasteiger partial charge in [0.2, 0.25) is 15.9 Å². The summed E-state index contributed by atoms with van der Waals surface area (Å²) in [5.74, 6) is 1.49. The number of benzene rings is 2. The molecule has 31 heavy (non-hydrogen) atoms. The molecule has 170 valence electrons. The zero-order chi connectivity index (χ0) is 22.9. The molecule has 0 aromatic heterocycles. The Bertz CT molecular complexity index is 978. The van der Waals surface area contributed by atoms with Gasteiger partial charge >= 0.3 is 0 Å². The number of carbonyl (C=O) groups is 1. The molecule has 0 saturated heterocycles. The minimum Gasteiger partial charge on any atom is -0.494 e. The second kappa shape index (κ2) is 11.5. The molecule has 2 aromatic rings. The van der Waals surface area contributed by atoms with Crippen molar-refractivity contribution in [1.82, 2.24) is 5.32 Å². The number of nitrogens with zero attached hydrogens (tertiary/aromatic N) is 1. The first kappa shape index (κ1) is 24.3. The molecule has 2 aromatic carbocycles. The molecule has 0 radical (unpaired) electrons. The Morgan fingerprint density at radius 1 is 1.06 bits per heavy atom. The topological polar surface area (TPSA) is 94.2 Å². The number of amides is 1. The van der Waals surface area contributed by atoms with Crippen LogP contribution in [0.1, 0.15) is 18.9 Å².